The summed E-state index contributed by atoms with van der Waals surface area (Å²) >= 11 is 9.23. The first-order valence-electron chi connectivity index (χ1n) is 6.54. The van der Waals surface area contributed by atoms with Crippen LogP contribution in [0.2, 0.25) is 5.02 Å². The fraction of sp³-hybridized carbons (Fsp3) is 0.125. The second-order valence-corrected chi connectivity index (χ2v) is 6.40. The fourth-order valence-electron chi connectivity index (χ4n) is 1.88. The second-order valence-electron chi connectivity index (χ2n) is 4.59. The van der Waals surface area contributed by atoms with E-state index in [0.717, 1.165) is 17.0 Å². The largest absolute Gasteiger partial charge is 0.267 e. The molecule has 1 unspecified atom stereocenters. The lowest BCUT2D eigenvalue weighted by Crippen LogP contribution is -2.00. The van der Waals surface area contributed by atoms with E-state index in [9.17, 15) is 5.26 Å². The zero-order valence-corrected chi connectivity index (χ0v) is 15.9. The molecule has 0 saturated carbocycles. The third-order valence-corrected chi connectivity index (χ3v) is 4.93. The van der Waals surface area contributed by atoms with Crippen molar-refractivity contribution >= 4 is 58.2 Å². The van der Waals surface area contributed by atoms with Crippen LogP contribution in [0.25, 0.3) is 11.3 Å². The van der Waals surface area contributed by atoms with Crippen molar-refractivity contribution in [3.8, 4) is 17.3 Å². The number of aliphatic imine (C=N–C) groups is 1. The zero-order chi connectivity index (χ0) is 16.8. The molecule has 0 N–H and O–H groups in total. The van der Waals surface area contributed by atoms with Crippen LogP contribution >= 0.6 is 45.8 Å². The van der Waals surface area contributed by atoms with Gasteiger partial charge in [-0.15, -0.1) is 11.3 Å². The molecule has 0 saturated heterocycles. The minimum Gasteiger partial charge on any atom is -0.267 e. The van der Waals surface area contributed by atoms with E-state index in [-0.39, 0.29) is 0 Å². The van der Waals surface area contributed by atoms with Gasteiger partial charge in [0.25, 0.3) is 0 Å². The number of nitrogens with zero attached hydrogens (tertiary/aromatic N) is 4. The smallest absolute Gasteiger partial charge is 0.140 e. The summed E-state index contributed by atoms with van der Waals surface area (Å²) in [7, 11) is 0. The number of benzene rings is 1. The first-order chi connectivity index (χ1) is 11.1. The average molecular weight is 455 g/mol. The van der Waals surface area contributed by atoms with Gasteiger partial charge in [-0.2, -0.15) is 5.26 Å². The van der Waals surface area contributed by atoms with Crippen LogP contribution in [0.3, 0.4) is 0 Å². The number of hydrogen-bond donors (Lipinski definition) is 0. The minimum absolute atomic E-state index is 0.544. The predicted molar refractivity (Wildman–Crippen MR) is 106 cm³/mol. The van der Waals surface area contributed by atoms with Crippen LogP contribution in [0, 0.1) is 11.3 Å². The Balaban J connectivity index is 2.37. The van der Waals surface area contributed by atoms with Crippen molar-refractivity contribution in [2.24, 2.45) is 8.20 Å². The second kappa shape index (κ2) is 8.34. The number of aromatic nitrogens is 1. The lowest BCUT2D eigenvalue weighted by atomic mass is 10.1. The highest BCUT2D eigenvalue weighted by Gasteiger charge is 2.20. The summed E-state index contributed by atoms with van der Waals surface area (Å²) in [5, 5.41) is 12.8. The molecule has 7 heteroatoms. The van der Waals surface area contributed by atoms with Crippen LogP contribution in [0.1, 0.15) is 17.8 Å². The Morgan fingerprint density at radius 2 is 2.17 bits per heavy atom. The molecule has 4 nitrogen and oxygen atoms in total. The van der Waals surface area contributed by atoms with Gasteiger partial charge in [0.05, 0.1) is 40.3 Å². The standard InChI is InChI=1S/C16H12ClIN4S/c1-10(22-18)7-14(20-2)13(8-19)16-21-15(9-23-16)11-3-5-12(17)6-4-11/h3-7,9,13H,2H2,1H3/b14-7-,22-10-. The molecule has 23 heavy (non-hydrogen) atoms. The molecule has 0 spiro atoms. The molecule has 0 aliphatic carbocycles. The molecule has 0 fully saturated rings. The van der Waals surface area contributed by atoms with Crippen molar-refractivity contribution in [1.29, 1.82) is 5.26 Å². The molecular formula is C16H12ClIN4S. The SMILES string of the molecule is C=N/C(=C\C(C)=N/I)C(C#N)c1nc(-c2ccc(Cl)cc2)cs1. The molecule has 2 rings (SSSR count). The van der Waals surface area contributed by atoms with Crippen LogP contribution < -0.4 is 0 Å². The van der Waals surface area contributed by atoms with Crippen LogP contribution in [0.15, 0.2) is 49.6 Å². The van der Waals surface area contributed by atoms with Gasteiger partial charge in [0.15, 0.2) is 0 Å². The Morgan fingerprint density at radius 3 is 2.74 bits per heavy atom. The van der Waals surface area contributed by atoms with Crippen LogP contribution in [-0.2, 0) is 0 Å². The summed E-state index contributed by atoms with van der Waals surface area (Å²) in [4.78, 5) is 8.54. The molecule has 1 aromatic heterocycles. The fourth-order valence-corrected chi connectivity index (χ4v) is 3.03. The van der Waals surface area contributed by atoms with Crippen LogP contribution in [0.4, 0.5) is 0 Å². The van der Waals surface area contributed by atoms with Gasteiger partial charge in [-0.1, -0.05) is 23.7 Å². The quantitative estimate of drug-likeness (QED) is 0.444. The van der Waals surface area contributed by atoms with E-state index in [2.05, 4.69) is 26.0 Å². The molecule has 1 aromatic carbocycles. The van der Waals surface area contributed by atoms with Crippen LogP contribution in [-0.4, -0.2) is 17.4 Å². The molecule has 2 aromatic rings. The van der Waals surface area contributed by atoms with Gasteiger partial charge in [-0.05, 0) is 31.9 Å². The molecule has 1 heterocycles. The number of halogens is 2. The predicted octanol–water partition coefficient (Wildman–Crippen LogP) is 5.47. The van der Waals surface area contributed by atoms with Crippen molar-refractivity contribution in [3.63, 3.8) is 0 Å². The van der Waals surface area contributed by atoms with Gasteiger partial charge in [0.1, 0.15) is 10.9 Å². The Labute approximate surface area is 157 Å². The summed E-state index contributed by atoms with van der Waals surface area (Å²) in [6.07, 6.45) is 1.75. The molecule has 1 atom stereocenters. The monoisotopic (exact) mass is 454 g/mol. The van der Waals surface area contributed by atoms with E-state index in [1.807, 2.05) is 59.4 Å². The number of thiazole rings is 1. The van der Waals surface area contributed by atoms with Gasteiger partial charge in [0.2, 0.25) is 0 Å². The Morgan fingerprint density at radius 1 is 1.48 bits per heavy atom. The van der Waals surface area contributed by atoms with Gasteiger partial charge in [-0.25, -0.2) is 8.19 Å². The molecule has 0 aliphatic rings. The topological polar surface area (TPSA) is 61.4 Å². The van der Waals surface area contributed by atoms with Crippen molar-refractivity contribution in [1.82, 2.24) is 4.98 Å². The molecular weight excluding hydrogens is 443 g/mol. The van der Waals surface area contributed by atoms with E-state index in [0.29, 0.717) is 15.7 Å². The maximum absolute atomic E-state index is 9.51. The summed E-state index contributed by atoms with van der Waals surface area (Å²) < 4.78 is 4.03. The van der Waals surface area contributed by atoms with Gasteiger partial charge in [0, 0.05) is 21.7 Å². The first-order valence-corrected chi connectivity index (χ1v) is 8.76. The number of nitriles is 1. The Kier molecular flexibility index (Phi) is 6.45. The van der Waals surface area contributed by atoms with E-state index in [1.54, 1.807) is 6.08 Å². The van der Waals surface area contributed by atoms with E-state index in [4.69, 9.17) is 11.6 Å². The molecule has 116 valence electrons. The third-order valence-electron chi connectivity index (χ3n) is 3.01. The van der Waals surface area contributed by atoms with Crippen molar-refractivity contribution in [2.45, 2.75) is 12.8 Å². The number of allylic oxidation sites excluding steroid dienone is 2. The molecule has 0 radical (unpaired) electrons. The zero-order valence-electron chi connectivity index (χ0n) is 12.2. The first kappa shape index (κ1) is 17.8. The third kappa shape index (κ3) is 4.47. The highest BCUT2D eigenvalue weighted by molar-refractivity contribution is 14.1. The van der Waals surface area contributed by atoms with Gasteiger partial charge >= 0.3 is 0 Å². The average Bonchev–Trinajstić information content (AvgIpc) is 3.04. The number of rotatable bonds is 5. The normalized spacial score (nSPS) is 13.5. The number of hydrogen-bond acceptors (Lipinski definition) is 5. The Bertz CT molecular complexity index is 802. The van der Waals surface area contributed by atoms with Crippen molar-refractivity contribution < 1.29 is 0 Å². The van der Waals surface area contributed by atoms with Gasteiger partial charge < -0.3 is 0 Å². The minimum atomic E-state index is -0.563. The molecule has 0 bridgehead atoms. The highest BCUT2D eigenvalue weighted by atomic mass is 127. The highest BCUT2D eigenvalue weighted by Crippen LogP contribution is 2.31. The summed E-state index contributed by atoms with van der Waals surface area (Å²) in [6, 6.07) is 9.67. The Hall–Kier alpha value is -1.56. The lowest BCUT2D eigenvalue weighted by Gasteiger charge is -2.06. The maximum Gasteiger partial charge on any atom is 0.140 e. The van der Waals surface area contributed by atoms with Gasteiger partial charge in [-0.3, -0.25) is 4.99 Å². The summed E-state index contributed by atoms with van der Waals surface area (Å²) in [6.45, 7) is 5.39. The lowest BCUT2D eigenvalue weighted by molar-refractivity contribution is 0.968. The van der Waals surface area contributed by atoms with E-state index in [1.165, 1.54) is 11.3 Å². The maximum atomic E-state index is 9.51. The van der Waals surface area contributed by atoms with Crippen LogP contribution in [0.5, 0.6) is 0 Å². The van der Waals surface area contributed by atoms with E-state index >= 15 is 0 Å². The molecule has 0 amide bonds. The van der Waals surface area contributed by atoms with Crippen molar-refractivity contribution in [2.75, 3.05) is 0 Å². The summed E-state index contributed by atoms with van der Waals surface area (Å²) in [5.74, 6) is -0.563. The molecule has 0 aliphatic heterocycles. The van der Waals surface area contributed by atoms with E-state index < -0.39 is 5.92 Å². The van der Waals surface area contributed by atoms with Crippen molar-refractivity contribution in [3.05, 3.63) is 51.4 Å². The summed E-state index contributed by atoms with van der Waals surface area (Å²) in [5.41, 5.74) is 3.07.